The Morgan fingerprint density at radius 1 is 1.19 bits per heavy atom. The van der Waals surface area contributed by atoms with Crippen LogP contribution in [0, 0.1) is 0 Å². The van der Waals surface area contributed by atoms with Crippen LogP contribution in [-0.4, -0.2) is 97.9 Å². The highest BCUT2D eigenvalue weighted by Gasteiger charge is 2.54. The molecular weight excluding hydrogens is 408 g/mol. The number of urea groups is 1. The highest BCUT2D eigenvalue weighted by molar-refractivity contribution is 5.86. The van der Waals surface area contributed by atoms with Crippen molar-refractivity contribution in [2.75, 3.05) is 60.6 Å². The number of carbonyl (C=O) groups excluding carboxylic acids is 2. The average molecular weight is 447 g/mol. The number of hydrogen-bond donors (Lipinski definition) is 2. The Bertz CT molecular complexity index is 763. The Morgan fingerprint density at radius 2 is 1.88 bits per heavy atom. The van der Waals surface area contributed by atoms with E-state index >= 15 is 0 Å². The number of rotatable bonds is 10. The Hall–Kier alpha value is -2.16. The Balaban J connectivity index is 1.80. The molecule has 0 atom stereocenters. The number of aliphatic hydroxyl groups excluding tert-OH is 1. The van der Waals surface area contributed by atoms with E-state index in [0.717, 1.165) is 32.1 Å². The van der Waals surface area contributed by atoms with Crippen molar-refractivity contribution in [2.24, 2.45) is 0 Å². The molecule has 8 nitrogen and oxygen atoms in total. The molecule has 2 N–H and O–H groups in total. The third kappa shape index (κ3) is 4.92. The maximum atomic E-state index is 13.3. The maximum absolute atomic E-state index is 13.3. The molecule has 1 saturated heterocycles. The van der Waals surface area contributed by atoms with Gasteiger partial charge < -0.3 is 25.0 Å². The molecule has 0 unspecified atom stereocenters. The zero-order chi connectivity index (χ0) is 23.2. The molecule has 178 valence electrons. The van der Waals surface area contributed by atoms with Crippen molar-refractivity contribution in [2.45, 2.75) is 43.2 Å². The van der Waals surface area contributed by atoms with E-state index in [0.29, 0.717) is 19.7 Å². The molecular formula is C24H38N4O4. The van der Waals surface area contributed by atoms with Gasteiger partial charge in [0.05, 0.1) is 12.1 Å². The number of benzene rings is 1. The predicted molar refractivity (Wildman–Crippen MR) is 123 cm³/mol. The van der Waals surface area contributed by atoms with Crippen LogP contribution in [0.2, 0.25) is 0 Å². The van der Waals surface area contributed by atoms with Crippen molar-refractivity contribution in [3.63, 3.8) is 0 Å². The summed E-state index contributed by atoms with van der Waals surface area (Å²) in [5.41, 5.74) is 0.992. The third-order valence-electron chi connectivity index (χ3n) is 7.23. The van der Waals surface area contributed by atoms with Crippen LogP contribution in [0.1, 0.15) is 37.7 Å². The van der Waals surface area contributed by atoms with Gasteiger partial charge in [0.1, 0.15) is 6.54 Å². The second-order valence-corrected chi connectivity index (χ2v) is 9.23. The van der Waals surface area contributed by atoms with E-state index in [-0.39, 0.29) is 42.7 Å². The minimum Gasteiger partial charge on any atom is -0.395 e. The number of hydrogen-bond acceptors (Lipinski definition) is 5. The summed E-state index contributed by atoms with van der Waals surface area (Å²) in [7, 11) is 5.95. The van der Waals surface area contributed by atoms with E-state index in [2.05, 4.69) is 48.6 Å². The molecule has 0 bridgehead atoms. The van der Waals surface area contributed by atoms with Crippen LogP contribution in [0.4, 0.5) is 4.79 Å². The quantitative estimate of drug-likeness (QED) is 0.534. The van der Waals surface area contributed by atoms with Crippen LogP contribution in [0.5, 0.6) is 0 Å². The summed E-state index contributed by atoms with van der Waals surface area (Å²) in [6.07, 6.45) is 4.43. The maximum Gasteiger partial charge on any atom is 0.321 e. The smallest absolute Gasteiger partial charge is 0.321 e. The molecule has 2 fully saturated rings. The number of nitrogens with one attached hydrogen (secondary N) is 1. The highest BCUT2D eigenvalue weighted by atomic mass is 16.5. The summed E-state index contributed by atoms with van der Waals surface area (Å²) in [5, 5.41) is 11.6. The minimum atomic E-state index is -0.267. The molecule has 2 aliphatic rings. The van der Waals surface area contributed by atoms with Gasteiger partial charge in [-0.15, -0.1) is 0 Å². The summed E-state index contributed by atoms with van der Waals surface area (Å²) in [6.45, 7) is 1.90. The number of aliphatic hydroxyl groups is 1. The van der Waals surface area contributed by atoms with Crippen molar-refractivity contribution in [3.05, 3.63) is 35.9 Å². The van der Waals surface area contributed by atoms with Gasteiger partial charge in [-0.2, -0.15) is 0 Å². The van der Waals surface area contributed by atoms with E-state index in [1.165, 1.54) is 5.56 Å². The monoisotopic (exact) mass is 446 g/mol. The second-order valence-electron chi connectivity index (χ2n) is 9.23. The Morgan fingerprint density at radius 3 is 2.47 bits per heavy atom. The van der Waals surface area contributed by atoms with E-state index in [1.807, 2.05) is 11.0 Å². The van der Waals surface area contributed by atoms with Gasteiger partial charge in [-0.05, 0) is 51.8 Å². The lowest BCUT2D eigenvalue weighted by atomic mass is 9.68. The first-order valence-corrected chi connectivity index (χ1v) is 11.5. The molecule has 1 spiro atoms. The summed E-state index contributed by atoms with van der Waals surface area (Å²) in [5.74, 6) is -0.232. The van der Waals surface area contributed by atoms with Crippen molar-refractivity contribution >= 4 is 11.9 Å². The first kappa shape index (κ1) is 24.5. The molecule has 1 aliphatic carbocycles. The Kier molecular flexibility index (Phi) is 8.14. The van der Waals surface area contributed by atoms with Crippen LogP contribution >= 0.6 is 0 Å². The molecule has 1 saturated carbocycles. The fourth-order valence-corrected chi connectivity index (χ4v) is 5.43. The van der Waals surface area contributed by atoms with Crippen molar-refractivity contribution in [1.29, 1.82) is 0 Å². The van der Waals surface area contributed by atoms with E-state index in [9.17, 15) is 9.59 Å². The highest BCUT2D eigenvalue weighted by Crippen LogP contribution is 2.48. The van der Waals surface area contributed by atoms with Crippen LogP contribution in [-0.2, 0) is 15.1 Å². The number of nitrogens with zero attached hydrogens (tertiary/aromatic N) is 3. The van der Waals surface area contributed by atoms with Gasteiger partial charge in [-0.25, -0.2) is 4.79 Å². The molecule has 3 rings (SSSR count). The molecule has 8 heteroatoms. The van der Waals surface area contributed by atoms with Crippen molar-refractivity contribution in [3.8, 4) is 0 Å². The zero-order valence-electron chi connectivity index (χ0n) is 19.7. The van der Waals surface area contributed by atoms with Gasteiger partial charge >= 0.3 is 6.03 Å². The number of carbonyl (C=O) groups is 2. The number of amides is 3. The normalized spacial score (nSPS) is 25.7. The van der Waals surface area contributed by atoms with Gasteiger partial charge in [0.2, 0.25) is 5.91 Å². The van der Waals surface area contributed by atoms with Gasteiger partial charge in [0.25, 0.3) is 0 Å². The summed E-state index contributed by atoms with van der Waals surface area (Å²) < 4.78 is 5.22. The number of ether oxygens (including phenoxy) is 1. The minimum absolute atomic E-state index is 0.0267. The Labute approximate surface area is 191 Å². The summed E-state index contributed by atoms with van der Waals surface area (Å²) in [6, 6.07) is 10.6. The van der Waals surface area contributed by atoms with Crippen molar-refractivity contribution < 1.29 is 19.4 Å². The second kappa shape index (κ2) is 10.6. The van der Waals surface area contributed by atoms with Gasteiger partial charge in [-0.3, -0.25) is 9.69 Å². The predicted octanol–water partition coefficient (Wildman–Crippen LogP) is 1.64. The van der Waals surface area contributed by atoms with Crippen LogP contribution in [0.25, 0.3) is 0 Å². The first-order chi connectivity index (χ1) is 15.4. The molecule has 1 heterocycles. The fourth-order valence-electron chi connectivity index (χ4n) is 5.43. The molecule has 0 radical (unpaired) electrons. The topological polar surface area (TPSA) is 85.3 Å². The molecule has 1 aliphatic heterocycles. The lowest BCUT2D eigenvalue weighted by Crippen LogP contribution is -2.55. The number of methoxy groups -OCH3 is 1. The summed E-state index contributed by atoms with van der Waals surface area (Å²) in [4.78, 5) is 31.6. The molecule has 0 aromatic heterocycles. The van der Waals surface area contributed by atoms with E-state index in [1.54, 1.807) is 12.0 Å². The molecule has 32 heavy (non-hydrogen) atoms. The first-order valence-electron chi connectivity index (χ1n) is 11.5. The lowest BCUT2D eigenvalue weighted by molar-refractivity contribution is -0.121. The summed E-state index contributed by atoms with van der Waals surface area (Å²) >= 11 is 0. The van der Waals surface area contributed by atoms with E-state index < -0.39 is 0 Å². The van der Waals surface area contributed by atoms with E-state index in [4.69, 9.17) is 9.84 Å². The third-order valence-corrected chi connectivity index (χ3v) is 7.23. The van der Waals surface area contributed by atoms with Crippen LogP contribution < -0.4 is 5.32 Å². The zero-order valence-corrected chi connectivity index (χ0v) is 19.7. The van der Waals surface area contributed by atoms with Crippen LogP contribution in [0.3, 0.4) is 0 Å². The molecule has 1 aromatic rings. The standard InChI is InChI=1S/C24H38N4O4/c1-26(2)24(20-8-5-4-6-9-20)12-10-23(11-13-24)19-27(18-21(30)25-14-16-29)22(31)28(23)15-7-17-32-3/h4-6,8-9,29H,7,10-19H2,1-3H3,(H,25,30). The van der Waals surface area contributed by atoms with Gasteiger partial charge in [0.15, 0.2) is 0 Å². The van der Waals surface area contributed by atoms with Crippen LogP contribution in [0.15, 0.2) is 30.3 Å². The fraction of sp³-hybridized carbons (Fsp3) is 0.667. The average Bonchev–Trinajstić information content (AvgIpc) is 3.04. The molecule has 3 amide bonds. The lowest BCUT2D eigenvalue weighted by Gasteiger charge is -2.51. The molecule has 1 aromatic carbocycles. The van der Waals surface area contributed by atoms with Gasteiger partial charge in [0, 0.05) is 38.9 Å². The van der Waals surface area contributed by atoms with Gasteiger partial charge in [-0.1, -0.05) is 30.3 Å². The SMILES string of the molecule is COCCCN1C(=O)N(CC(=O)NCCO)CC12CCC(c1ccccc1)(N(C)C)CC2. The largest absolute Gasteiger partial charge is 0.395 e. The van der Waals surface area contributed by atoms with Crippen molar-refractivity contribution in [1.82, 2.24) is 20.0 Å².